The molecule has 0 atom stereocenters. The topological polar surface area (TPSA) is 80.5 Å². The van der Waals surface area contributed by atoms with Crippen molar-refractivity contribution in [2.24, 2.45) is 5.84 Å². The van der Waals surface area contributed by atoms with Gasteiger partial charge in [0.1, 0.15) is 11.4 Å². The van der Waals surface area contributed by atoms with Crippen LogP contribution < -0.4 is 20.9 Å². The van der Waals surface area contributed by atoms with Crippen molar-refractivity contribution in [1.82, 2.24) is 4.98 Å². The second-order valence-electron chi connectivity index (χ2n) is 4.14. The molecule has 0 fully saturated rings. The number of aromatic nitrogens is 1. The Hall–Kier alpha value is -2.60. The Kier molecular flexibility index (Phi) is 4.17. The van der Waals surface area contributed by atoms with E-state index in [1.165, 1.54) is 11.1 Å². The SMILES string of the molecule is COc1ccc(N(C)C(=O)c2cc(NN)ccn2)cc1. The van der Waals surface area contributed by atoms with E-state index in [4.69, 9.17) is 10.6 Å². The van der Waals surface area contributed by atoms with Gasteiger partial charge in [-0.3, -0.25) is 15.6 Å². The van der Waals surface area contributed by atoms with E-state index in [0.717, 1.165) is 11.4 Å². The lowest BCUT2D eigenvalue weighted by molar-refractivity contribution is 0.0988. The fourth-order valence-electron chi connectivity index (χ4n) is 1.73. The summed E-state index contributed by atoms with van der Waals surface area (Å²) in [6.07, 6.45) is 1.53. The van der Waals surface area contributed by atoms with Gasteiger partial charge in [0.2, 0.25) is 0 Å². The van der Waals surface area contributed by atoms with Gasteiger partial charge in [0, 0.05) is 18.9 Å². The number of nitrogen functional groups attached to an aromatic ring is 1. The van der Waals surface area contributed by atoms with E-state index in [9.17, 15) is 4.79 Å². The van der Waals surface area contributed by atoms with Gasteiger partial charge in [0.15, 0.2) is 0 Å². The molecule has 0 saturated carbocycles. The number of hydrazine groups is 1. The lowest BCUT2D eigenvalue weighted by Gasteiger charge is -2.17. The quantitative estimate of drug-likeness (QED) is 0.653. The van der Waals surface area contributed by atoms with Crippen molar-refractivity contribution in [2.75, 3.05) is 24.5 Å². The number of anilines is 2. The molecule has 3 N–H and O–H groups in total. The molecule has 1 aromatic heterocycles. The number of hydrogen-bond acceptors (Lipinski definition) is 5. The van der Waals surface area contributed by atoms with Crippen molar-refractivity contribution in [3.05, 3.63) is 48.3 Å². The summed E-state index contributed by atoms with van der Waals surface area (Å²) in [5, 5.41) is 0. The molecule has 6 heteroatoms. The highest BCUT2D eigenvalue weighted by atomic mass is 16.5. The number of rotatable bonds is 4. The zero-order valence-corrected chi connectivity index (χ0v) is 11.3. The van der Waals surface area contributed by atoms with Gasteiger partial charge in [0.25, 0.3) is 5.91 Å². The molecule has 1 amide bonds. The minimum atomic E-state index is -0.215. The van der Waals surface area contributed by atoms with Crippen LogP contribution in [0.15, 0.2) is 42.6 Å². The van der Waals surface area contributed by atoms with Gasteiger partial charge >= 0.3 is 0 Å². The van der Waals surface area contributed by atoms with Gasteiger partial charge < -0.3 is 15.1 Å². The molecule has 0 unspecified atom stereocenters. The maximum Gasteiger partial charge on any atom is 0.276 e. The maximum absolute atomic E-state index is 12.3. The van der Waals surface area contributed by atoms with E-state index in [1.54, 1.807) is 38.4 Å². The number of carbonyl (C=O) groups is 1. The Morgan fingerprint density at radius 3 is 2.60 bits per heavy atom. The Labute approximate surface area is 117 Å². The zero-order valence-electron chi connectivity index (χ0n) is 11.3. The van der Waals surface area contributed by atoms with Crippen LogP contribution in [0.5, 0.6) is 5.75 Å². The van der Waals surface area contributed by atoms with Crippen molar-refractivity contribution < 1.29 is 9.53 Å². The molecule has 0 bridgehead atoms. The number of nitrogens with zero attached hydrogens (tertiary/aromatic N) is 2. The highest BCUT2D eigenvalue weighted by Crippen LogP contribution is 2.20. The van der Waals surface area contributed by atoms with Crippen molar-refractivity contribution >= 4 is 17.3 Å². The number of nitrogens with one attached hydrogen (secondary N) is 1. The van der Waals surface area contributed by atoms with Gasteiger partial charge in [-0.1, -0.05) is 0 Å². The van der Waals surface area contributed by atoms with Crippen LogP contribution in [0.25, 0.3) is 0 Å². The largest absolute Gasteiger partial charge is 0.497 e. The number of methoxy groups -OCH3 is 1. The predicted octanol–water partition coefficient (Wildman–Crippen LogP) is 1.65. The number of amides is 1. The highest BCUT2D eigenvalue weighted by Gasteiger charge is 2.15. The van der Waals surface area contributed by atoms with E-state index in [2.05, 4.69) is 10.4 Å². The Balaban J connectivity index is 2.22. The average Bonchev–Trinajstić information content (AvgIpc) is 2.53. The van der Waals surface area contributed by atoms with Crippen molar-refractivity contribution in [3.8, 4) is 5.75 Å². The minimum Gasteiger partial charge on any atom is -0.497 e. The third-order valence-corrected chi connectivity index (χ3v) is 2.91. The summed E-state index contributed by atoms with van der Waals surface area (Å²) >= 11 is 0. The van der Waals surface area contributed by atoms with Crippen LogP contribution in [0.4, 0.5) is 11.4 Å². The van der Waals surface area contributed by atoms with Gasteiger partial charge in [-0.25, -0.2) is 0 Å². The Morgan fingerprint density at radius 2 is 2.00 bits per heavy atom. The molecule has 0 aliphatic carbocycles. The van der Waals surface area contributed by atoms with E-state index in [-0.39, 0.29) is 5.91 Å². The molecule has 6 nitrogen and oxygen atoms in total. The smallest absolute Gasteiger partial charge is 0.276 e. The lowest BCUT2D eigenvalue weighted by atomic mass is 10.2. The first-order valence-electron chi connectivity index (χ1n) is 6.00. The summed E-state index contributed by atoms with van der Waals surface area (Å²) in [4.78, 5) is 17.9. The zero-order chi connectivity index (χ0) is 14.5. The Bertz CT molecular complexity index is 598. The molecule has 0 spiro atoms. The van der Waals surface area contributed by atoms with Crippen molar-refractivity contribution in [2.45, 2.75) is 0 Å². The number of carbonyl (C=O) groups excluding carboxylic acids is 1. The first-order valence-corrected chi connectivity index (χ1v) is 6.00. The second-order valence-corrected chi connectivity index (χ2v) is 4.14. The molecule has 1 heterocycles. The summed E-state index contributed by atoms with van der Waals surface area (Å²) in [6.45, 7) is 0. The molecule has 0 aliphatic rings. The summed E-state index contributed by atoms with van der Waals surface area (Å²) in [6, 6.07) is 10.5. The van der Waals surface area contributed by atoms with Gasteiger partial charge in [-0.15, -0.1) is 0 Å². The fraction of sp³-hybridized carbons (Fsp3) is 0.143. The standard InChI is InChI=1S/C14H16N4O2/c1-18(11-3-5-12(20-2)6-4-11)14(19)13-9-10(17-15)7-8-16-13/h3-9H,15H2,1-2H3,(H,16,17). The van der Waals surface area contributed by atoms with Crippen LogP contribution in [0.3, 0.4) is 0 Å². The summed E-state index contributed by atoms with van der Waals surface area (Å²) in [5.41, 5.74) is 4.19. The van der Waals surface area contributed by atoms with Crippen LogP contribution in [0, 0.1) is 0 Å². The number of nitrogens with two attached hydrogens (primary N) is 1. The van der Waals surface area contributed by atoms with Crippen LogP contribution in [-0.4, -0.2) is 25.0 Å². The van der Waals surface area contributed by atoms with Crippen LogP contribution in [0.2, 0.25) is 0 Å². The molecule has 20 heavy (non-hydrogen) atoms. The van der Waals surface area contributed by atoms with E-state index < -0.39 is 0 Å². The van der Waals surface area contributed by atoms with Gasteiger partial charge in [-0.2, -0.15) is 0 Å². The highest BCUT2D eigenvalue weighted by molar-refractivity contribution is 6.04. The molecule has 2 aromatic rings. The molecular formula is C14H16N4O2. The molecular weight excluding hydrogens is 256 g/mol. The van der Waals surface area contributed by atoms with Crippen LogP contribution in [-0.2, 0) is 0 Å². The average molecular weight is 272 g/mol. The third-order valence-electron chi connectivity index (χ3n) is 2.91. The maximum atomic E-state index is 12.3. The number of pyridine rings is 1. The van der Waals surface area contributed by atoms with Gasteiger partial charge in [0.05, 0.1) is 12.8 Å². The molecule has 0 saturated heterocycles. The van der Waals surface area contributed by atoms with Crippen LogP contribution >= 0.6 is 0 Å². The molecule has 0 radical (unpaired) electrons. The molecule has 1 aromatic carbocycles. The first kappa shape index (κ1) is 13.8. The van der Waals surface area contributed by atoms with Gasteiger partial charge in [-0.05, 0) is 36.4 Å². The monoisotopic (exact) mass is 272 g/mol. The Morgan fingerprint density at radius 1 is 1.30 bits per heavy atom. The predicted molar refractivity (Wildman–Crippen MR) is 77.8 cm³/mol. The molecule has 2 rings (SSSR count). The van der Waals surface area contributed by atoms with Crippen LogP contribution in [0.1, 0.15) is 10.5 Å². The number of benzene rings is 1. The summed E-state index contributed by atoms with van der Waals surface area (Å²) < 4.78 is 5.09. The lowest BCUT2D eigenvalue weighted by Crippen LogP contribution is -2.27. The normalized spacial score (nSPS) is 9.95. The van der Waals surface area contributed by atoms with E-state index >= 15 is 0 Å². The summed E-state index contributed by atoms with van der Waals surface area (Å²) in [7, 11) is 3.29. The number of hydrogen-bond donors (Lipinski definition) is 2. The van der Waals surface area contributed by atoms with Crippen molar-refractivity contribution in [3.63, 3.8) is 0 Å². The fourth-order valence-corrected chi connectivity index (χ4v) is 1.73. The molecule has 104 valence electrons. The summed E-state index contributed by atoms with van der Waals surface area (Å²) in [5.74, 6) is 5.84. The molecule has 0 aliphatic heterocycles. The van der Waals surface area contributed by atoms with E-state index in [1.807, 2.05) is 12.1 Å². The van der Waals surface area contributed by atoms with E-state index in [0.29, 0.717) is 11.4 Å². The third kappa shape index (κ3) is 2.86. The number of ether oxygens (including phenoxy) is 1. The minimum absolute atomic E-state index is 0.215. The van der Waals surface area contributed by atoms with Crippen molar-refractivity contribution in [1.29, 1.82) is 0 Å². The second kappa shape index (κ2) is 6.03. The first-order chi connectivity index (χ1) is 9.65.